The molecule has 348 valence electrons. The number of thiazole rings is 1. The van der Waals surface area contributed by atoms with Crippen molar-refractivity contribution in [1.29, 1.82) is 0 Å². The van der Waals surface area contributed by atoms with Gasteiger partial charge < -0.3 is 44.2 Å². The largest absolute Gasteiger partial charge is 0.507 e. The normalized spacial score (nSPS) is 18.9. The molecule has 3 fully saturated rings. The quantitative estimate of drug-likeness (QED) is 0.0875. The molecule has 0 spiro atoms. The van der Waals surface area contributed by atoms with Crippen LogP contribution in [-0.4, -0.2) is 123 Å². The van der Waals surface area contributed by atoms with Gasteiger partial charge in [0.1, 0.15) is 28.3 Å². The van der Waals surface area contributed by atoms with Gasteiger partial charge in [-0.05, 0) is 93.4 Å². The predicted molar refractivity (Wildman–Crippen MR) is 255 cm³/mol. The minimum atomic E-state index is -0.845. The van der Waals surface area contributed by atoms with Crippen molar-refractivity contribution in [3.05, 3.63) is 87.6 Å². The molecule has 9 rings (SSSR count). The number of hydrogen-bond donors (Lipinski definition) is 3. The number of nitrogens with one attached hydrogen (secondary N) is 1. The maximum Gasteiger partial charge on any atom is 0.243 e. The number of para-hydroxylation sites is 1. The SMILES string of the molecule is Cc1ncsc1-c1ccc(CNC(=O)[C@@H]2C[C@@H](O)CN2C(=O)[C@H](c2cc(N3CCOCC3)no2)C(C)C)c(OCCCN2CCC(c3sc4nnc(-c5ccccc5O)cc4c3C)CC2)c1. The Balaban J connectivity index is 0.816. The molecule has 66 heavy (non-hydrogen) atoms. The number of nitrogens with zero attached hydrogens (tertiary/aromatic N) is 7. The van der Waals surface area contributed by atoms with Crippen LogP contribution in [0.5, 0.6) is 11.5 Å². The van der Waals surface area contributed by atoms with Crippen LogP contribution in [0.3, 0.4) is 0 Å². The van der Waals surface area contributed by atoms with E-state index in [1.165, 1.54) is 15.3 Å². The molecule has 2 aromatic carbocycles. The monoisotopic (exact) mass is 934 g/mol. The lowest BCUT2D eigenvalue weighted by molar-refractivity contribution is -0.141. The van der Waals surface area contributed by atoms with E-state index >= 15 is 0 Å². The van der Waals surface area contributed by atoms with E-state index in [9.17, 15) is 19.8 Å². The van der Waals surface area contributed by atoms with E-state index in [1.807, 2.05) is 62.7 Å². The summed E-state index contributed by atoms with van der Waals surface area (Å²) in [6.45, 7) is 14.3. The lowest BCUT2D eigenvalue weighted by atomic mass is 9.91. The highest BCUT2D eigenvalue weighted by molar-refractivity contribution is 7.19. The highest BCUT2D eigenvalue weighted by atomic mass is 32.1. The van der Waals surface area contributed by atoms with Gasteiger partial charge in [-0.2, -0.15) is 0 Å². The van der Waals surface area contributed by atoms with Crippen molar-refractivity contribution >= 4 is 50.5 Å². The molecule has 3 N–H and O–H groups in total. The molecular formula is C49H58N8O7S2. The van der Waals surface area contributed by atoms with E-state index in [-0.39, 0.29) is 43.0 Å². The van der Waals surface area contributed by atoms with E-state index in [1.54, 1.807) is 34.8 Å². The second kappa shape index (κ2) is 20.2. The molecule has 3 aliphatic heterocycles. The fourth-order valence-corrected chi connectivity index (χ4v) is 11.7. The van der Waals surface area contributed by atoms with Gasteiger partial charge >= 0.3 is 0 Å². The van der Waals surface area contributed by atoms with Crippen LogP contribution in [0.15, 0.2) is 64.6 Å². The summed E-state index contributed by atoms with van der Waals surface area (Å²) in [6, 6.07) is 16.3. The van der Waals surface area contributed by atoms with Gasteiger partial charge in [0.25, 0.3) is 0 Å². The molecule has 17 heteroatoms. The van der Waals surface area contributed by atoms with Crippen LogP contribution in [0, 0.1) is 19.8 Å². The maximum atomic E-state index is 14.3. The first-order valence-electron chi connectivity index (χ1n) is 23.0. The van der Waals surface area contributed by atoms with E-state index in [0.29, 0.717) is 67.4 Å². The van der Waals surface area contributed by atoms with Crippen LogP contribution in [0.4, 0.5) is 5.82 Å². The Morgan fingerprint density at radius 2 is 1.82 bits per heavy atom. The van der Waals surface area contributed by atoms with Gasteiger partial charge in [-0.15, -0.1) is 32.9 Å². The number of aromatic hydroxyl groups is 1. The number of fused-ring (bicyclic) bond motifs is 1. The van der Waals surface area contributed by atoms with Crippen LogP contribution in [-0.2, 0) is 20.9 Å². The second-order valence-corrected chi connectivity index (χ2v) is 19.9. The smallest absolute Gasteiger partial charge is 0.243 e. The number of carbonyl (C=O) groups excluding carboxylic acids is 2. The molecule has 3 aliphatic rings. The molecule has 3 atom stereocenters. The van der Waals surface area contributed by atoms with Gasteiger partial charge in [-0.25, -0.2) is 4.98 Å². The van der Waals surface area contributed by atoms with Gasteiger partial charge in [0.2, 0.25) is 11.8 Å². The Morgan fingerprint density at radius 1 is 1.02 bits per heavy atom. The van der Waals surface area contributed by atoms with Crippen molar-refractivity contribution < 1.29 is 33.8 Å². The number of β-amino-alcohol motifs (C(OH)–C–C–N with tert-alkyl or cyclic N) is 1. The van der Waals surface area contributed by atoms with E-state index in [4.69, 9.17) is 14.0 Å². The number of phenols is 1. The molecule has 15 nitrogen and oxygen atoms in total. The molecule has 6 aromatic rings. The molecule has 7 heterocycles. The van der Waals surface area contributed by atoms with Crippen LogP contribution in [0.2, 0.25) is 0 Å². The van der Waals surface area contributed by atoms with Crippen molar-refractivity contribution in [1.82, 2.24) is 35.5 Å². The molecule has 0 radical (unpaired) electrons. The first-order valence-corrected chi connectivity index (χ1v) is 24.7. The molecule has 0 bridgehead atoms. The van der Waals surface area contributed by atoms with E-state index < -0.39 is 18.1 Å². The Morgan fingerprint density at radius 3 is 2.58 bits per heavy atom. The minimum absolute atomic E-state index is 0.0577. The number of thiophene rings is 1. The number of aromatic nitrogens is 4. The number of aryl methyl sites for hydroxylation is 2. The lowest BCUT2D eigenvalue weighted by Gasteiger charge is -2.31. The van der Waals surface area contributed by atoms with Crippen LogP contribution < -0.4 is 15.0 Å². The third-order valence-corrected chi connectivity index (χ3v) is 15.6. The van der Waals surface area contributed by atoms with Gasteiger partial charge in [0, 0.05) is 66.6 Å². The number of anilines is 1. The fraction of sp³-hybridized carbons (Fsp3) is 0.469. The van der Waals surface area contributed by atoms with Crippen LogP contribution in [0.1, 0.15) is 78.8 Å². The number of aliphatic hydroxyl groups is 1. The standard InChI is InChI=1S/C49H58N8O7S2/c1-29(2)44(42-25-43(54-64-42)56-17-20-62-21-18-56)49(61)57-27-35(58)23-39(57)47(60)50-26-34-11-10-33(46-31(4)51-28-65-46)22-41(34)63-19-7-14-55-15-12-32(13-16-55)45-30(3)37-24-38(52-53-48(37)66-45)36-8-5-6-9-40(36)59/h5-6,8-11,22,24-25,28-29,32,35,39,44,58-59H,7,12-21,23,26-27H2,1-4H3,(H,50,60)/t35-,39+,44+/m1/s1. The number of benzene rings is 2. The van der Waals surface area contributed by atoms with Crippen molar-refractivity contribution in [2.75, 3.05) is 64.0 Å². The number of rotatable bonds is 15. The van der Waals surface area contributed by atoms with Gasteiger partial charge in [0.15, 0.2) is 11.6 Å². The zero-order chi connectivity index (χ0) is 45.9. The molecule has 3 saturated heterocycles. The summed E-state index contributed by atoms with van der Waals surface area (Å²) in [5.41, 5.74) is 7.21. The molecule has 2 amide bonds. The molecule has 0 saturated carbocycles. The number of morpholine rings is 1. The van der Waals surface area contributed by atoms with Crippen molar-refractivity contribution in [3.63, 3.8) is 0 Å². The van der Waals surface area contributed by atoms with Crippen molar-refractivity contribution in [2.24, 2.45) is 5.92 Å². The summed E-state index contributed by atoms with van der Waals surface area (Å²) in [5.74, 6) is 1.03. The highest BCUT2D eigenvalue weighted by Crippen LogP contribution is 2.41. The molecular weight excluding hydrogens is 877 g/mol. The number of ether oxygens (including phenoxy) is 2. The maximum absolute atomic E-state index is 14.3. The number of likely N-dealkylation sites (tertiary alicyclic amines) is 2. The Kier molecular flexibility index (Phi) is 14.0. The van der Waals surface area contributed by atoms with Crippen LogP contribution >= 0.6 is 22.7 Å². The summed E-state index contributed by atoms with van der Waals surface area (Å²) in [4.78, 5) is 42.2. The average Bonchev–Trinajstić information content (AvgIpc) is 4.14. The first-order chi connectivity index (χ1) is 32.0. The third-order valence-electron chi connectivity index (χ3n) is 13.2. The Labute approximate surface area is 392 Å². The number of carbonyl (C=O) groups is 2. The molecule has 4 aromatic heterocycles. The number of phenolic OH excluding ortho intramolecular Hbond substituents is 1. The topological polar surface area (TPSA) is 180 Å². The lowest BCUT2D eigenvalue weighted by Crippen LogP contribution is -2.48. The fourth-order valence-electron chi connectivity index (χ4n) is 9.58. The number of piperidine rings is 1. The summed E-state index contributed by atoms with van der Waals surface area (Å²) in [5, 5.41) is 38.7. The average molecular weight is 935 g/mol. The minimum Gasteiger partial charge on any atom is -0.507 e. The number of amides is 2. The van der Waals surface area contributed by atoms with Crippen molar-refractivity contribution in [3.8, 4) is 33.2 Å². The summed E-state index contributed by atoms with van der Waals surface area (Å²) in [7, 11) is 0. The highest BCUT2D eigenvalue weighted by Gasteiger charge is 2.43. The second-order valence-electron chi connectivity index (χ2n) is 18.0. The third kappa shape index (κ3) is 9.81. The van der Waals surface area contributed by atoms with Gasteiger partial charge in [0.05, 0.1) is 47.7 Å². The van der Waals surface area contributed by atoms with Crippen molar-refractivity contribution in [2.45, 2.75) is 83.9 Å². The molecule has 0 aliphatic carbocycles. The zero-order valence-corrected chi connectivity index (χ0v) is 39.6. The van der Waals surface area contributed by atoms with Gasteiger partial charge in [-0.3, -0.25) is 9.59 Å². The zero-order valence-electron chi connectivity index (χ0n) is 37.9. The van der Waals surface area contributed by atoms with E-state index in [0.717, 1.165) is 70.8 Å². The predicted octanol–water partition coefficient (Wildman–Crippen LogP) is 7.30. The summed E-state index contributed by atoms with van der Waals surface area (Å²) < 4.78 is 17.8. The number of hydrogen-bond acceptors (Lipinski definition) is 15. The number of aliphatic hydroxyl groups excluding tert-OH is 1. The van der Waals surface area contributed by atoms with Crippen LogP contribution in [0.25, 0.3) is 31.9 Å². The first kappa shape index (κ1) is 45.7. The Hall–Kier alpha value is -5.46. The summed E-state index contributed by atoms with van der Waals surface area (Å²) in [6.07, 6.45) is 2.26. The van der Waals surface area contributed by atoms with Gasteiger partial charge in [-0.1, -0.05) is 43.3 Å². The Bertz CT molecular complexity index is 2650. The molecule has 0 unspecified atom stereocenters. The summed E-state index contributed by atoms with van der Waals surface area (Å²) >= 11 is 3.32. The van der Waals surface area contributed by atoms with E-state index in [2.05, 4.69) is 48.4 Å².